The first-order chi connectivity index (χ1) is 12.5. The number of carbonyl (C=O) groups is 1. The molecule has 138 valence electrons. The van der Waals surface area contributed by atoms with Gasteiger partial charge in [-0.15, -0.1) is 11.3 Å². The molecule has 8 heteroatoms. The fourth-order valence-electron chi connectivity index (χ4n) is 2.97. The summed E-state index contributed by atoms with van der Waals surface area (Å²) in [6, 6.07) is 4.17. The topological polar surface area (TPSA) is 67.6 Å². The monoisotopic (exact) mass is 374 g/mol. The van der Waals surface area contributed by atoms with Crippen molar-refractivity contribution in [1.29, 1.82) is 0 Å². The lowest BCUT2D eigenvalue weighted by atomic mass is 10.2. The number of thiophene rings is 1. The Kier molecular flexibility index (Phi) is 5.53. The lowest BCUT2D eigenvalue weighted by molar-refractivity contribution is -0.127. The third-order valence-electron chi connectivity index (χ3n) is 4.52. The van der Waals surface area contributed by atoms with Crippen molar-refractivity contribution in [3.05, 3.63) is 61.1 Å². The number of carbonyl (C=O) groups excluding carboxylic acids is 1. The van der Waals surface area contributed by atoms with Gasteiger partial charge in [-0.2, -0.15) is 0 Å². The predicted molar refractivity (Wildman–Crippen MR) is 102 cm³/mol. The van der Waals surface area contributed by atoms with Crippen LogP contribution in [0.4, 0.5) is 0 Å². The highest BCUT2D eigenvalue weighted by Crippen LogP contribution is 2.13. The van der Waals surface area contributed by atoms with Gasteiger partial charge in [0.2, 0.25) is 5.91 Å². The summed E-state index contributed by atoms with van der Waals surface area (Å²) < 4.78 is 2.36. The van der Waals surface area contributed by atoms with Gasteiger partial charge in [0.25, 0.3) is 5.56 Å². The van der Waals surface area contributed by atoms with E-state index in [9.17, 15) is 14.4 Å². The van der Waals surface area contributed by atoms with Crippen LogP contribution in [0, 0.1) is 0 Å². The first-order valence-corrected chi connectivity index (χ1v) is 9.32. The highest BCUT2D eigenvalue weighted by Gasteiger charge is 2.20. The number of nitrogens with zero attached hydrogens (tertiary/aromatic N) is 4. The Labute approximate surface area is 155 Å². The molecule has 1 aliphatic rings. The molecule has 3 heterocycles. The molecule has 1 amide bonds. The van der Waals surface area contributed by atoms with Crippen LogP contribution in [0.1, 0.15) is 10.4 Å². The normalized spacial score (nSPS) is 15.7. The summed E-state index contributed by atoms with van der Waals surface area (Å²) in [5.41, 5.74) is -0.475. The summed E-state index contributed by atoms with van der Waals surface area (Å²) in [6.45, 7) is 3.92. The van der Waals surface area contributed by atoms with Crippen molar-refractivity contribution in [1.82, 2.24) is 18.9 Å². The van der Waals surface area contributed by atoms with Crippen LogP contribution in [0.3, 0.4) is 0 Å². The van der Waals surface area contributed by atoms with Gasteiger partial charge in [0.1, 0.15) is 0 Å². The Morgan fingerprint density at radius 2 is 1.92 bits per heavy atom. The summed E-state index contributed by atoms with van der Waals surface area (Å²) >= 11 is 1.74. The highest BCUT2D eigenvalue weighted by molar-refractivity contribution is 7.09. The fraction of sp³-hybridized carbons (Fsp3) is 0.389. The minimum atomic E-state index is -0.405. The fourth-order valence-corrected chi connectivity index (χ4v) is 3.71. The van der Waals surface area contributed by atoms with Crippen molar-refractivity contribution in [2.24, 2.45) is 14.1 Å². The van der Waals surface area contributed by atoms with Crippen LogP contribution in [0.5, 0.6) is 0 Å². The molecule has 0 aliphatic carbocycles. The number of hydrogen-bond acceptors (Lipinski definition) is 5. The van der Waals surface area contributed by atoms with E-state index in [4.69, 9.17) is 0 Å². The summed E-state index contributed by atoms with van der Waals surface area (Å²) in [5, 5.41) is 2.07. The van der Waals surface area contributed by atoms with Gasteiger partial charge in [0.15, 0.2) is 0 Å². The van der Waals surface area contributed by atoms with Crippen molar-refractivity contribution >= 4 is 23.3 Å². The van der Waals surface area contributed by atoms with Gasteiger partial charge < -0.3 is 9.47 Å². The van der Waals surface area contributed by atoms with Crippen LogP contribution in [0.25, 0.3) is 6.08 Å². The van der Waals surface area contributed by atoms with E-state index in [0.717, 1.165) is 24.2 Å². The van der Waals surface area contributed by atoms with Crippen molar-refractivity contribution in [2.75, 3.05) is 26.2 Å². The summed E-state index contributed by atoms with van der Waals surface area (Å²) in [6.07, 6.45) is 4.35. The number of aromatic nitrogens is 2. The van der Waals surface area contributed by atoms with Gasteiger partial charge in [-0.1, -0.05) is 6.07 Å². The van der Waals surface area contributed by atoms with Gasteiger partial charge >= 0.3 is 5.69 Å². The second-order valence-electron chi connectivity index (χ2n) is 6.36. The Morgan fingerprint density at radius 1 is 1.19 bits per heavy atom. The molecule has 0 unspecified atom stereocenters. The van der Waals surface area contributed by atoms with Crippen molar-refractivity contribution in [3.8, 4) is 0 Å². The van der Waals surface area contributed by atoms with Crippen LogP contribution in [-0.4, -0.2) is 51.0 Å². The molecule has 0 N–H and O–H groups in total. The average Bonchev–Trinajstić information content (AvgIpc) is 3.15. The maximum Gasteiger partial charge on any atom is 0.330 e. The van der Waals surface area contributed by atoms with E-state index >= 15 is 0 Å². The number of rotatable bonds is 4. The molecule has 2 aromatic heterocycles. The van der Waals surface area contributed by atoms with E-state index in [2.05, 4.69) is 16.3 Å². The smallest absolute Gasteiger partial charge is 0.330 e. The van der Waals surface area contributed by atoms with Crippen molar-refractivity contribution < 1.29 is 4.79 Å². The molecular formula is C18H22N4O3S. The molecule has 0 aromatic carbocycles. The number of aryl methyl sites for hydroxylation is 1. The lowest BCUT2D eigenvalue weighted by Gasteiger charge is -2.33. The maximum absolute atomic E-state index is 12.4. The summed E-state index contributed by atoms with van der Waals surface area (Å²) in [4.78, 5) is 41.6. The summed E-state index contributed by atoms with van der Waals surface area (Å²) in [7, 11) is 3.00. The highest BCUT2D eigenvalue weighted by atomic mass is 32.1. The van der Waals surface area contributed by atoms with E-state index in [-0.39, 0.29) is 11.6 Å². The Bertz CT molecular complexity index is 919. The third-order valence-corrected chi connectivity index (χ3v) is 5.38. The zero-order chi connectivity index (χ0) is 18.7. The average molecular weight is 374 g/mol. The molecule has 1 fully saturated rings. The molecular weight excluding hydrogens is 352 g/mol. The molecule has 0 atom stereocenters. The Hall–Kier alpha value is -2.45. The molecule has 1 aliphatic heterocycles. The SMILES string of the molecule is Cn1cc(/C=C/C(=O)N2CCN(Cc3cccs3)CC2)c(=O)n(C)c1=O. The molecule has 26 heavy (non-hydrogen) atoms. The van der Waals surface area contributed by atoms with Crippen LogP contribution in [-0.2, 0) is 25.4 Å². The molecule has 2 aromatic rings. The van der Waals surface area contributed by atoms with Crippen LogP contribution in [0.15, 0.2) is 39.4 Å². The van der Waals surface area contributed by atoms with Gasteiger partial charge in [-0.25, -0.2) is 4.79 Å². The van der Waals surface area contributed by atoms with Crippen LogP contribution >= 0.6 is 11.3 Å². The van der Waals surface area contributed by atoms with E-state index in [1.54, 1.807) is 23.3 Å². The Balaban J connectivity index is 1.60. The Morgan fingerprint density at radius 3 is 2.58 bits per heavy atom. The molecule has 0 spiro atoms. The van der Waals surface area contributed by atoms with Gasteiger partial charge in [-0.3, -0.25) is 19.1 Å². The van der Waals surface area contributed by atoms with E-state index < -0.39 is 5.56 Å². The lowest BCUT2D eigenvalue weighted by Crippen LogP contribution is -2.47. The van der Waals surface area contributed by atoms with Gasteiger partial charge in [-0.05, 0) is 17.5 Å². The second-order valence-corrected chi connectivity index (χ2v) is 7.39. The van der Waals surface area contributed by atoms with Crippen molar-refractivity contribution in [3.63, 3.8) is 0 Å². The summed E-state index contributed by atoms with van der Waals surface area (Å²) in [5.74, 6) is -0.114. The molecule has 0 radical (unpaired) electrons. The molecule has 3 rings (SSSR count). The molecule has 7 nitrogen and oxygen atoms in total. The largest absolute Gasteiger partial charge is 0.337 e. The van der Waals surface area contributed by atoms with Crippen LogP contribution < -0.4 is 11.2 Å². The molecule has 0 saturated carbocycles. The maximum atomic E-state index is 12.4. The molecule has 0 bridgehead atoms. The number of hydrogen-bond donors (Lipinski definition) is 0. The zero-order valence-corrected chi connectivity index (χ0v) is 15.7. The van der Waals surface area contributed by atoms with Gasteiger partial charge in [0, 0.05) is 64.0 Å². The minimum Gasteiger partial charge on any atom is -0.337 e. The number of amides is 1. The zero-order valence-electron chi connectivity index (χ0n) is 14.9. The van der Waals surface area contributed by atoms with Crippen LogP contribution in [0.2, 0.25) is 0 Å². The third kappa shape index (κ3) is 4.03. The standard InChI is InChI=1S/C18H22N4O3S/c1-19-12-14(17(24)20(2)18(19)25)5-6-16(23)22-9-7-21(8-10-22)13-15-4-3-11-26-15/h3-6,11-12H,7-10,13H2,1-2H3/b6-5+. The first-order valence-electron chi connectivity index (χ1n) is 8.44. The number of piperazine rings is 1. The molecule has 1 saturated heterocycles. The van der Waals surface area contributed by atoms with Crippen molar-refractivity contribution in [2.45, 2.75) is 6.54 Å². The first kappa shape index (κ1) is 18.3. The quantitative estimate of drug-likeness (QED) is 0.731. The minimum absolute atomic E-state index is 0.114. The van der Waals surface area contributed by atoms with Gasteiger partial charge in [0.05, 0.1) is 5.56 Å². The predicted octanol–water partition coefficient (Wildman–Crippen LogP) is 0.503. The second kappa shape index (κ2) is 7.84. The van der Waals surface area contributed by atoms with E-state index in [1.165, 1.54) is 34.8 Å². The van der Waals surface area contributed by atoms with E-state index in [1.807, 2.05) is 6.07 Å². The van der Waals surface area contributed by atoms with E-state index in [0.29, 0.717) is 18.7 Å².